The zero-order valence-electron chi connectivity index (χ0n) is 25.2. The van der Waals surface area contributed by atoms with Crippen LogP contribution in [0.4, 0.5) is 24.5 Å². The van der Waals surface area contributed by atoms with E-state index in [4.69, 9.17) is 18.0 Å². The third-order valence-corrected chi connectivity index (χ3v) is 8.55. The van der Waals surface area contributed by atoms with Crippen molar-refractivity contribution in [1.29, 1.82) is 0 Å². The first-order chi connectivity index (χ1) is 21.2. The number of aryl methyl sites for hydroxylation is 1. The Morgan fingerprint density at radius 2 is 1.91 bits per heavy atom. The van der Waals surface area contributed by atoms with Gasteiger partial charge in [0.05, 0.1) is 33.5 Å². The van der Waals surface area contributed by atoms with Crippen LogP contribution in [0.15, 0.2) is 65.5 Å². The van der Waals surface area contributed by atoms with E-state index in [1.54, 1.807) is 37.6 Å². The fraction of sp³-hybridized carbons (Fsp3) is 0.333. The number of benzene rings is 2. The number of nitrogens with zero attached hydrogens (tertiary/aromatic N) is 3. The predicted octanol–water partition coefficient (Wildman–Crippen LogP) is 6.59. The molecule has 1 saturated carbocycles. The highest BCUT2D eigenvalue weighted by atomic mass is 35.5. The van der Waals surface area contributed by atoms with Crippen molar-refractivity contribution in [1.82, 2.24) is 25.5 Å². The number of rotatable bonds is 7. The molecule has 1 aliphatic heterocycles. The van der Waals surface area contributed by atoms with Gasteiger partial charge in [0.25, 0.3) is 5.56 Å². The molecule has 8 nitrogen and oxygen atoms in total. The molecule has 0 amide bonds. The highest BCUT2D eigenvalue weighted by molar-refractivity contribution is 6.35. The molecule has 4 N–H and O–H groups in total. The summed E-state index contributed by atoms with van der Waals surface area (Å²) in [7, 11) is 1.67. The summed E-state index contributed by atoms with van der Waals surface area (Å²) in [5, 5.41) is 10.2. The van der Waals surface area contributed by atoms with Crippen LogP contribution < -0.4 is 27.2 Å². The number of hydrogen-bond donors (Lipinski definition) is 4. The van der Waals surface area contributed by atoms with E-state index in [1.165, 1.54) is 10.8 Å². The Balaban J connectivity index is 1.49. The van der Waals surface area contributed by atoms with E-state index in [9.17, 15) is 18.0 Å². The van der Waals surface area contributed by atoms with E-state index in [-0.39, 0.29) is 23.8 Å². The normalized spacial score (nSPS) is 16.7. The molecule has 3 heterocycles. The van der Waals surface area contributed by atoms with Crippen molar-refractivity contribution in [3.63, 3.8) is 0 Å². The van der Waals surface area contributed by atoms with Crippen molar-refractivity contribution in [3.05, 3.63) is 87.2 Å². The molecule has 12 heteroatoms. The Labute approximate surface area is 263 Å². The van der Waals surface area contributed by atoms with Crippen LogP contribution in [0.2, 0.25) is 5.02 Å². The van der Waals surface area contributed by atoms with Gasteiger partial charge in [-0.2, -0.15) is 13.2 Å². The molecule has 6 rings (SSSR count). The van der Waals surface area contributed by atoms with Crippen LogP contribution in [0.25, 0.3) is 21.7 Å². The van der Waals surface area contributed by atoms with Crippen LogP contribution in [0.5, 0.6) is 0 Å². The van der Waals surface area contributed by atoms with E-state index in [0.29, 0.717) is 61.4 Å². The van der Waals surface area contributed by atoms with Gasteiger partial charge in [0, 0.05) is 48.6 Å². The monoisotopic (exact) mass is 635 g/mol. The number of nitrogens with one attached hydrogen (secondary N) is 4. The minimum Gasteiger partial charge on any atom is -0.383 e. The Bertz CT molecular complexity index is 1950. The van der Waals surface area contributed by atoms with Crippen LogP contribution in [-0.2, 0) is 7.05 Å². The minimum atomic E-state index is -4.42. The lowest BCUT2D eigenvalue weighted by Gasteiger charge is -2.28. The average Bonchev–Trinajstić information content (AvgIpc) is 3.67. The summed E-state index contributed by atoms with van der Waals surface area (Å²) < 4.78 is 43.6. The van der Waals surface area contributed by atoms with Gasteiger partial charge >= 0.3 is 6.18 Å². The van der Waals surface area contributed by atoms with Crippen molar-refractivity contribution >= 4 is 44.7 Å². The second kappa shape index (κ2) is 10.9. The Morgan fingerprint density at radius 1 is 1.16 bits per heavy atom. The third-order valence-electron chi connectivity index (χ3n) is 8.27. The first kappa shape index (κ1) is 30.6. The number of hydrogen-bond acceptors (Lipinski definition) is 7. The van der Waals surface area contributed by atoms with Crippen LogP contribution >= 0.6 is 11.6 Å². The summed E-state index contributed by atoms with van der Waals surface area (Å²) >= 11 is 6.78. The molecular weight excluding hydrogens is 603 g/mol. The average molecular weight is 636 g/mol. The van der Waals surface area contributed by atoms with Gasteiger partial charge in [-0.15, -0.1) is 12.0 Å². The molecule has 0 radical (unpaired) electrons. The first-order valence-electron chi connectivity index (χ1n) is 14.5. The minimum absolute atomic E-state index is 0.0213. The van der Waals surface area contributed by atoms with Gasteiger partial charge in [-0.1, -0.05) is 50.4 Å². The first-order valence-corrected chi connectivity index (χ1v) is 14.9. The summed E-state index contributed by atoms with van der Waals surface area (Å²) in [4.78, 5) is 17.5. The molecule has 45 heavy (non-hydrogen) atoms. The number of aromatic nitrogens is 2. The second-order valence-corrected chi connectivity index (χ2v) is 13.2. The van der Waals surface area contributed by atoms with Gasteiger partial charge in [-0.05, 0) is 53.5 Å². The maximum Gasteiger partial charge on any atom is 0.413 e. The maximum absolute atomic E-state index is 14.0. The summed E-state index contributed by atoms with van der Waals surface area (Å²) in [5.41, 5.74) is 6.96. The van der Waals surface area contributed by atoms with Gasteiger partial charge < -0.3 is 20.6 Å². The predicted molar refractivity (Wildman–Crippen MR) is 172 cm³/mol. The van der Waals surface area contributed by atoms with E-state index >= 15 is 0 Å². The zero-order chi connectivity index (χ0) is 32.3. The van der Waals surface area contributed by atoms with E-state index < -0.39 is 17.8 Å². The molecule has 2 aliphatic rings. The quantitative estimate of drug-likeness (QED) is 0.170. The Kier molecular flexibility index (Phi) is 7.41. The molecule has 1 aliphatic carbocycles. The zero-order valence-corrected chi connectivity index (χ0v) is 26.0. The number of hydrazine groups is 2. The highest BCUT2D eigenvalue weighted by Crippen LogP contribution is 2.54. The van der Waals surface area contributed by atoms with E-state index in [1.807, 2.05) is 18.2 Å². The summed E-state index contributed by atoms with van der Waals surface area (Å²) in [5.74, 6) is 2.70. The van der Waals surface area contributed by atoms with Crippen molar-refractivity contribution < 1.29 is 13.2 Å². The fourth-order valence-electron chi connectivity index (χ4n) is 5.62. The molecule has 2 aromatic heterocycles. The molecule has 4 aromatic rings. The largest absolute Gasteiger partial charge is 0.413 e. The van der Waals surface area contributed by atoms with Crippen LogP contribution in [0.1, 0.15) is 50.8 Å². The molecule has 0 spiro atoms. The number of halogens is 4. The highest BCUT2D eigenvalue weighted by Gasteiger charge is 2.67. The molecule has 1 fully saturated rings. The third kappa shape index (κ3) is 5.53. The lowest BCUT2D eigenvalue weighted by Crippen LogP contribution is -2.52. The molecule has 0 saturated heterocycles. The number of alkyl halides is 3. The molecule has 0 bridgehead atoms. The van der Waals surface area contributed by atoms with Crippen molar-refractivity contribution in [2.24, 2.45) is 12.5 Å². The van der Waals surface area contributed by atoms with Gasteiger partial charge in [-0.25, -0.2) is 0 Å². The maximum atomic E-state index is 14.0. The standard InChI is InChI=1S/C33H33ClF3N7O/c1-6-19-16-38-28-24(27(19)39-18-31(2,3)4)14-20(15-25(28)34)40-29(22-8-7-9-23-21(22)10-13-43(5)30(23)45)26-17-44(42-41-26)32(11-12-32)33(35,36)37/h1,7-10,13-17,29,40-42H,11-12,18H2,2-5H3,(H,38,39)/t29-/m0/s1. The summed E-state index contributed by atoms with van der Waals surface area (Å²) in [6, 6.07) is 10.0. The van der Waals surface area contributed by atoms with Crippen molar-refractivity contribution in [2.45, 2.75) is 51.4 Å². The fourth-order valence-corrected chi connectivity index (χ4v) is 5.89. The summed E-state index contributed by atoms with van der Waals surface area (Å²) in [6.45, 7) is 6.93. The molecular formula is C33H33ClF3N7O. The molecule has 1 atom stereocenters. The van der Waals surface area contributed by atoms with E-state index in [0.717, 1.165) is 5.01 Å². The van der Waals surface area contributed by atoms with Crippen LogP contribution in [-0.4, -0.2) is 32.8 Å². The Hall–Kier alpha value is -4.40. The van der Waals surface area contributed by atoms with Gasteiger partial charge in [-0.3, -0.25) is 14.8 Å². The van der Waals surface area contributed by atoms with E-state index in [2.05, 4.69) is 53.3 Å². The second-order valence-electron chi connectivity index (χ2n) is 12.8. The number of terminal acetylenes is 1. The number of pyridine rings is 2. The van der Waals surface area contributed by atoms with Crippen LogP contribution in [0, 0.1) is 17.8 Å². The lowest BCUT2D eigenvalue weighted by molar-refractivity contribution is -0.195. The van der Waals surface area contributed by atoms with Crippen molar-refractivity contribution in [2.75, 3.05) is 17.2 Å². The smallest absolute Gasteiger partial charge is 0.383 e. The SMILES string of the molecule is C#Cc1cnc2c(Cl)cc(N[C@H](C3=CN(C4(C(F)(F)F)CC4)NN3)c3cccc4c(=O)n(C)ccc34)cc2c1NCC(C)(C)C. The topological polar surface area (TPSA) is 86.2 Å². The molecule has 0 unspecified atom stereocenters. The molecule has 2 aromatic carbocycles. The number of anilines is 2. The van der Waals surface area contributed by atoms with Crippen LogP contribution in [0.3, 0.4) is 0 Å². The lowest BCUT2D eigenvalue weighted by atomic mass is 9.96. The molecule has 234 valence electrons. The summed E-state index contributed by atoms with van der Waals surface area (Å²) in [6.07, 6.45) is 6.09. The Morgan fingerprint density at radius 3 is 2.58 bits per heavy atom. The van der Waals surface area contributed by atoms with Gasteiger partial charge in [0.15, 0.2) is 5.54 Å². The number of fused-ring (bicyclic) bond motifs is 2. The van der Waals surface area contributed by atoms with Gasteiger partial charge in [0.2, 0.25) is 0 Å². The van der Waals surface area contributed by atoms with Gasteiger partial charge in [0.1, 0.15) is 0 Å². The van der Waals surface area contributed by atoms with Crippen molar-refractivity contribution in [3.8, 4) is 12.3 Å².